The number of nitrogens with zero attached hydrogens (tertiary/aromatic N) is 1. The van der Waals surface area contributed by atoms with Crippen LogP contribution in [-0.2, 0) is 13.0 Å². The Morgan fingerprint density at radius 2 is 1.90 bits per heavy atom. The Morgan fingerprint density at radius 1 is 1.19 bits per heavy atom. The standard InChI is InChI=1S/C16H18N2O3/c1-4-12-8-18(16(21)17-15(12)20)9-14(19)13-6-5-10(2)11(3)7-13/h5-8H,4,9H2,1-3H3,(H,17,20,21). The van der Waals surface area contributed by atoms with Crippen LogP contribution < -0.4 is 11.2 Å². The van der Waals surface area contributed by atoms with E-state index >= 15 is 0 Å². The van der Waals surface area contributed by atoms with Gasteiger partial charge in [-0.15, -0.1) is 0 Å². The van der Waals surface area contributed by atoms with Crippen LogP contribution in [0.4, 0.5) is 0 Å². The molecule has 1 heterocycles. The number of carbonyl (C=O) groups is 1. The van der Waals surface area contributed by atoms with E-state index in [0.717, 1.165) is 11.1 Å². The number of aromatic nitrogens is 2. The summed E-state index contributed by atoms with van der Waals surface area (Å²) in [6.45, 7) is 5.66. The molecule has 21 heavy (non-hydrogen) atoms. The van der Waals surface area contributed by atoms with Gasteiger partial charge < -0.3 is 0 Å². The molecule has 1 N–H and O–H groups in total. The van der Waals surface area contributed by atoms with Gasteiger partial charge in [0.15, 0.2) is 5.78 Å². The van der Waals surface area contributed by atoms with Crippen LogP contribution in [0.1, 0.15) is 34.0 Å². The molecule has 5 heteroatoms. The number of Topliss-reactive ketones (excluding diaryl/α,β-unsaturated/α-hetero) is 1. The minimum absolute atomic E-state index is 0.0783. The van der Waals surface area contributed by atoms with Crippen LogP contribution in [0.2, 0.25) is 0 Å². The third-order valence-electron chi connectivity index (χ3n) is 3.61. The molecule has 5 nitrogen and oxygen atoms in total. The van der Waals surface area contributed by atoms with E-state index in [1.807, 2.05) is 32.9 Å². The second-order valence-corrected chi connectivity index (χ2v) is 5.12. The zero-order valence-corrected chi connectivity index (χ0v) is 12.4. The molecule has 0 aliphatic rings. The summed E-state index contributed by atoms with van der Waals surface area (Å²) in [7, 11) is 0. The van der Waals surface area contributed by atoms with Gasteiger partial charge in [0.1, 0.15) is 0 Å². The first kappa shape index (κ1) is 15.0. The van der Waals surface area contributed by atoms with Gasteiger partial charge in [0.05, 0.1) is 6.54 Å². The molecular weight excluding hydrogens is 268 g/mol. The number of aromatic amines is 1. The fourth-order valence-corrected chi connectivity index (χ4v) is 2.08. The molecule has 1 aromatic carbocycles. The van der Waals surface area contributed by atoms with E-state index in [1.54, 1.807) is 6.07 Å². The molecule has 110 valence electrons. The molecule has 0 saturated heterocycles. The minimum atomic E-state index is -0.561. The van der Waals surface area contributed by atoms with Crippen molar-refractivity contribution in [3.63, 3.8) is 0 Å². The Hall–Kier alpha value is -2.43. The molecule has 0 aliphatic carbocycles. The molecule has 2 rings (SSSR count). The number of ketones is 1. The van der Waals surface area contributed by atoms with Gasteiger partial charge in [0, 0.05) is 17.3 Å². The van der Waals surface area contributed by atoms with Crippen LogP contribution in [0.5, 0.6) is 0 Å². The van der Waals surface area contributed by atoms with E-state index < -0.39 is 11.2 Å². The van der Waals surface area contributed by atoms with Gasteiger partial charge in [-0.1, -0.05) is 19.1 Å². The first-order valence-corrected chi connectivity index (χ1v) is 6.85. The van der Waals surface area contributed by atoms with Gasteiger partial charge in [-0.05, 0) is 37.5 Å². The first-order chi connectivity index (χ1) is 9.92. The van der Waals surface area contributed by atoms with Crippen LogP contribution in [0, 0.1) is 13.8 Å². The van der Waals surface area contributed by atoms with Gasteiger partial charge in [-0.3, -0.25) is 19.1 Å². The summed E-state index contributed by atoms with van der Waals surface area (Å²) in [6.07, 6.45) is 1.97. The Labute approximate surface area is 122 Å². The molecule has 0 aliphatic heterocycles. The first-order valence-electron chi connectivity index (χ1n) is 6.85. The van der Waals surface area contributed by atoms with E-state index in [-0.39, 0.29) is 12.3 Å². The quantitative estimate of drug-likeness (QED) is 0.868. The predicted molar refractivity (Wildman–Crippen MR) is 80.9 cm³/mol. The van der Waals surface area contributed by atoms with E-state index in [1.165, 1.54) is 10.8 Å². The molecule has 2 aromatic rings. The third-order valence-corrected chi connectivity index (χ3v) is 3.61. The summed E-state index contributed by atoms with van der Waals surface area (Å²) in [6, 6.07) is 5.45. The minimum Gasteiger partial charge on any atom is -0.293 e. The van der Waals surface area contributed by atoms with Crippen molar-refractivity contribution in [3.8, 4) is 0 Å². The molecule has 0 bridgehead atoms. The van der Waals surface area contributed by atoms with E-state index in [2.05, 4.69) is 4.98 Å². The van der Waals surface area contributed by atoms with Crippen LogP contribution in [0.15, 0.2) is 34.0 Å². The van der Waals surface area contributed by atoms with Gasteiger partial charge in [0.25, 0.3) is 5.56 Å². The number of hydrogen-bond acceptors (Lipinski definition) is 3. The zero-order chi connectivity index (χ0) is 15.6. The fourth-order valence-electron chi connectivity index (χ4n) is 2.08. The van der Waals surface area contributed by atoms with E-state index in [9.17, 15) is 14.4 Å². The Morgan fingerprint density at radius 3 is 2.52 bits per heavy atom. The highest BCUT2D eigenvalue weighted by Crippen LogP contribution is 2.10. The van der Waals surface area contributed by atoms with Crippen LogP contribution in [-0.4, -0.2) is 15.3 Å². The lowest BCUT2D eigenvalue weighted by atomic mass is 10.0. The highest BCUT2D eigenvalue weighted by atomic mass is 16.2. The van der Waals surface area contributed by atoms with Crippen molar-refractivity contribution in [1.29, 1.82) is 0 Å². The number of rotatable bonds is 4. The summed E-state index contributed by atoms with van der Waals surface area (Å²) < 4.78 is 1.25. The zero-order valence-electron chi connectivity index (χ0n) is 12.4. The third kappa shape index (κ3) is 3.18. The molecule has 0 spiro atoms. The van der Waals surface area contributed by atoms with Crippen LogP contribution >= 0.6 is 0 Å². The molecule has 1 aromatic heterocycles. The molecule has 0 radical (unpaired) electrons. The summed E-state index contributed by atoms with van der Waals surface area (Å²) in [5.74, 6) is -0.158. The maximum atomic E-state index is 12.3. The molecular formula is C16H18N2O3. The maximum Gasteiger partial charge on any atom is 0.328 e. The fraction of sp³-hybridized carbons (Fsp3) is 0.312. The van der Waals surface area contributed by atoms with Gasteiger partial charge in [-0.2, -0.15) is 0 Å². The van der Waals surface area contributed by atoms with E-state index in [0.29, 0.717) is 17.5 Å². The number of aryl methyl sites for hydroxylation is 3. The highest BCUT2D eigenvalue weighted by Gasteiger charge is 2.10. The lowest BCUT2D eigenvalue weighted by Gasteiger charge is -2.08. The largest absolute Gasteiger partial charge is 0.328 e. The van der Waals surface area contributed by atoms with Crippen molar-refractivity contribution in [2.24, 2.45) is 0 Å². The lowest BCUT2D eigenvalue weighted by Crippen LogP contribution is -2.33. The molecule has 0 amide bonds. The number of benzene rings is 1. The lowest BCUT2D eigenvalue weighted by molar-refractivity contribution is 0.0970. The van der Waals surface area contributed by atoms with Crippen LogP contribution in [0.3, 0.4) is 0 Å². The summed E-state index contributed by atoms with van der Waals surface area (Å²) in [5, 5.41) is 0. The van der Waals surface area contributed by atoms with Crippen molar-refractivity contribution < 1.29 is 4.79 Å². The number of hydrogen-bond donors (Lipinski definition) is 1. The average Bonchev–Trinajstić information content (AvgIpc) is 2.44. The summed E-state index contributed by atoms with van der Waals surface area (Å²) in [5.41, 5.74) is 2.24. The second-order valence-electron chi connectivity index (χ2n) is 5.12. The van der Waals surface area contributed by atoms with E-state index in [4.69, 9.17) is 0 Å². The Bertz CT molecular complexity index is 800. The average molecular weight is 286 g/mol. The van der Waals surface area contributed by atoms with Crippen molar-refractivity contribution in [1.82, 2.24) is 9.55 Å². The smallest absolute Gasteiger partial charge is 0.293 e. The SMILES string of the molecule is CCc1cn(CC(=O)c2ccc(C)c(C)c2)c(=O)[nH]c1=O. The van der Waals surface area contributed by atoms with Crippen molar-refractivity contribution >= 4 is 5.78 Å². The van der Waals surface area contributed by atoms with Crippen molar-refractivity contribution in [2.75, 3.05) is 0 Å². The van der Waals surface area contributed by atoms with Gasteiger partial charge in [0.2, 0.25) is 0 Å². The summed E-state index contributed by atoms with van der Waals surface area (Å²) >= 11 is 0. The normalized spacial score (nSPS) is 10.6. The molecule has 0 saturated carbocycles. The second kappa shape index (κ2) is 5.91. The van der Waals surface area contributed by atoms with Crippen LogP contribution in [0.25, 0.3) is 0 Å². The highest BCUT2D eigenvalue weighted by molar-refractivity contribution is 5.96. The number of carbonyl (C=O) groups excluding carboxylic acids is 1. The topological polar surface area (TPSA) is 71.9 Å². The van der Waals surface area contributed by atoms with Gasteiger partial charge >= 0.3 is 5.69 Å². The van der Waals surface area contributed by atoms with Crippen molar-refractivity contribution in [3.05, 3.63) is 67.5 Å². The number of H-pyrrole nitrogens is 1. The van der Waals surface area contributed by atoms with Gasteiger partial charge in [-0.25, -0.2) is 4.79 Å². The Balaban J connectivity index is 2.33. The summed E-state index contributed by atoms with van der Waals surface area (Å²) in [4.78, 5) is 37.8. The maximum absolute atomic E-state index is 12.3. The molecule has 0 unspecified atom stereocenters. The number of nitrogens with one attached hydrogen (secondary N) is 1. The molecule has 0 fully saturated rings. The van der Waals surface area contributed by atoms with Crippen molar-refractivity contribution in [2.45, 2.75) is 33.7 Å². The monoisotopic (exact) mass is 286 g/mol. The molecule has 0 atom stereocenters. The Kier molecular flexibility index (Phi) is 4.21. The predicted octanol–water partition coefficient (Wildman–Crippen LogP) is 1.60.